The Morgan fingerprint density at radius 3 is 0.622 bits per heavy atom. The third-order valence-electron chi connectivity index (χ3n) is 17.7. The minimum atomic E-state index is -4.24. The van der Waals surface area contributed by atoms with Crippen molar-refractivity contribution in [3.05, 3.63) is 89.5 Å². The Morgan fingerprint density at radius 1 is 0.297 bits per heavy atom. The van der Waals surface area contributed by atoms with E-state index < -0.39 is 7.82 Å². The van der Waals surface area contributed by atoms with E-state index in [0.29, 0.717) is 35.0 Å². The van der Waals surface area contributed by atoms with Crippen molar-refractivity contribution in [2.45, 2.75) is 293 Å². The van der Waals surface area contributed by atoms with Crippen molar-refractivity contribution in [3.8, 4) is 17.2 Å². The topological polar surface area (TPSA) is 44.8 Å². The molecule has 0 bridgehead atoms. The molecular formula is C69H117O4P. The Morgan fingerprint density at radius 2 is 0.473 bits per heavy atom. The van der Waals surface area contributed by atoms with E-state index in [1.807, 2.05) is 36.4 Å². The van der Waals surface area contributed by atoms with E-state index in [-0.39, 0.29) is 0 Å². The standard InChI is InChI=1S/C69H117O4P/c1-13-25-31-55(19-7)49-64(50-56(20-8)32-26-14-2)61-37-43-67(44-38-61)71-74(70,72-68-45-39-62(40-46-68)65(51-57(21-9)33-27-15-3)52-58(22-10)34-28-16-4)73-69-47-41-63(42-48-69)66(53-59(23-11)35-29-17-5)54-60(24-12)36-30-18-6/h37-48,55-60,64-66H,13-36,49-54H2,1-12H3. The first-order valence-electron chi connectivity index (χ1n) is 32.0. The number of phosphoric ester groups is 1. The Balaban J connectivity index is 2.07. The van der Waals surface area contributed by atoms with Crippen LogP contribution in [0.1, 0.15) is 310 Å². The number of rotatable bonds is 45. The van der Waals surface area contributed by atoms with E-state index in [1.54, 1.807) is 0 Å². The van der Waals surface area contributed by atoms with E-state index in [4.69, 9.17) is 13.6 Å². The molecule has 3 aromatic carbocycles. The highest BCUT2D eigenvalue weighted by Crippen LogP contribution is 2.51. The molecule has 4 nitrogen and oxygen atoms in total. The highest BCUT2D eigenvalue weighted by molar-refractivity contribution is 7.49. The average Bonchev–Trinajstić information content (AvgIpc) is 3.42. The molecular weight excluding hydrogens is 924 g/mol. The molecule has 0 spiro atoms. The van der Waals surface area contributed by atoms with Crippen LogP contribution in [0.4, 0.5) is 0 Å². The molecule has 0 aromatic heterocycles. The van der Waals surface area contributed by atoms with Crippen LogP contribution >= 0.6 is 7.82 Å². The van der Waals surface area contributed by atoms with Crippen molar-refractivity contribution in [3.63, 3.8) is 0 Å². The van der Waals surface area contributed by atoms with Crippen LogP contribution in [0.15, 0.2) is 72.8 Å². The van der Waals surface area contributed by atoms with Crippen LogP contribution in [0.3, 0.4) is 0 Å². The molecule has 0 heterocycles. The van der Waals surface area contributed by atoms with Gasteiger partial charge in [0, 0.05) is 0 Å². The summed E-state index contributed by atoms with van der Waals surface area (Å²) in [7, 11) is -4.24. The van der Waals surface area contributed by atoms with Crippen LogP contribution in [0, 0.1) is 35.5 Å². The number of phosphoric acid groups is 1. The normalized spacial score (nSPS) is 16.3. The summed E-state index contributed by atoms with van der Waals surface area (Å²) < 4.78 is 35.0. The maximum atomic E-state index is 15.4. The molecule has 3 rings (SSSR count). The summed E-state index contributed by atoms with van der Waals surface area (Å²) in [6.07, 6.45) is 37.6. The summed E-state index contributed by atoms with van der Waals surface area (Å²) >= 11 is 0. The highest BCUT2D eigenvalue weighted by Gasteiger charge is 2.34. The Labute approximate surface area is 459 Å². The minimum absolute atomic E-state index is 0.480. The molecule has 0 fully saturated rings. The Kier molecular flexibility index (Phi) is 34.4. The van der Waals surface area contributed by atoms with Gasteiger partial charge in [-0.05, 0) is 145 Å². The molecule has 6 atom stereocenters. The zero-order valence-electron chi connectivity index (χ0n) is 50.4. The van der Waals surface area contributed by atoms with Crippen molar-refractivity contribution in [1.82, 2.24) is 0 Å². The fourth-order valence-corrected chi connectivity index (χ4v) is 13.5. The molecule has 0 saturated heterocycles. The van der Waals surface area contributed by atoms with Crippen molar-refractivity contribution < 1.29 is 18.1 Å². The van der Waals surface area contributed by atoms with Crippen LogP contribution in [0.25, 0.3) is 0 Å². The molecule has 5 heteroatoms. The molecule has 0 N–H and O–H groups in total. The van der Waals surface area contributed by atoms with Gasteiger partial charge in [-0.25, -0.2) is 0 Å². The van der Waals surface area contributed by atoms with Gasteiger partial charge in [0.25, 0.3) is 0 Å². The lowest BCUT2D eigenvalue weighted by molar-refractivity contribution is 0.298. The van der Waals surface area contributed by atoms with Crippen molar-refractivity contribution in [2.75, 3.05) is 0 Å². The molecule has 0 aliphatic heterocycles. The second kappa shape index (κ2) is 38.8. The maximum absolute atomic E-state index is 15.4. The van der Waals surface area contributed by atoms with Gasteiger partial charge < -0.3 is 13.6 Å². The van der Waals surface area contributed by atoms with Gasteiger partial charge in [0.15, 0.2) is 0 Å². The van der Waals surface area contributed by atoms with Gasteiger partial charge in [0.2, 0.25) is 0 Å². The minimum Gasteiger partial charge on any atom is -0.386 e. The number of unbranched alkanes of at least 4 members (excludes halogenated alkanes) is 6. The van der Waals surface area contributed by atoms with E-state index in [1.165, 1.54) is 209 Å². The van der Waals surface area contributed by atoms with Crippen molar-refractivity contribution in [2.24, 2.45) is 35.5 Å². The first kappa shape index (κ1) is 65.6. The summed E-state index contributed by atoms with van der Waals surface area (Å²) in [5.74, 6) is 7.27. The largest absolute Gasteiger partial charge is 0.647 e. The van der Waals surface area contributed by atoms with E-state index in [9.17, 15) is 0 Å². The van der Waals surface area contributed by atoms with Crippen LogP contribution < -0.4 is 13.6 Å². The first-order valence-corrected chi connectivity index (χ1v) is 33.4. The summed E-state index contributed by atoms with van der Waals surface area (Å²) in [4.78, 5) is 0. The highest BCUT2D eigenvalue weighted by atomic mass is 31.2. The molecule has 6 unspecified atom stereocenters. The summed E-state index contributed by atoms with van der Waals surface area (Å²) in [5.41, 5.74) is 4.07. The maximum Gasteiger partial charge on any atom is 0.647 e. The molecule has 0 saturated carbocycles. The zero-order chi connectivity index (χ0) is 54.0. The van der Waals surface area contributed by atoms with Gasteiger partial charge in [0.05, 0.1) is 0 Å². The van der Waals surface area contributed by atoms with Gasteiger partial charge >= 0.3 is 7.82 Å². The van der Waals surface area contributed by atoms with Crippen LogP contribution in [0.5, 0.6) is 17.2 Å². The van der Waals surface area contributed by atoms with Gasteiger partial charge in [-0.15, -0.1) is 0 Å². The molecule has 422 valence electrons. The second-order valence-electron chi connectivity index (χ2n) is 23.4. The second-order valence-corrected chi connectivity index (χ2v) is 24.9. The summed E-state index contributed by atoms with van der Waals surface area (Å²) in [6.45, 7) is 28.1. The predicted molar refractivity (Wildman–Crippen MR) is 325 cm³/mol. The third-order valence-corrected chi connectivity index (χ3v) is 19.0. The summed E-state index contributed by atoms with van der Waals surface area (Å²) in [5, 5.41) is 0. The fourth-order valence-electron chi connectivity index (χ4n) is 12.3. The van der Waals surface area contributed by atoms with Gasteiger partial charge in [-0.3, -0.25) is 0 Å². The van der Waals surface area contributed by atoms with E-state index in [2.05, 4.69) is 119 Å². The molecule has 0 amide bonds. The van der Waals surface area contributed by atoms with Crippen molar-refractivity contribution >= 4 is 7.82 Å². The molecule has 0 aliphatic rings. The van der Waals surface area contributed by atoms with E-state index >= 15 is 4.57 Å². The number of benzene rings is 3. The molecule has 74 heavy (non-hydrogen) atoms. The van der Waals surface area contributed by atoms with Crippen molar-refractivity contribution in [1.29, 1.82) is 0 Å². The smallest absolute Gasteiger partial charge is 0.386 e. The quantitative estimate of drug-likeness (QED) is 0.0529. The Hall–Kier alpha value is -2.71. The van der Waals surface area contributed by atoms with Gasteiger partial charge in [-0.2, -0.15) is 4.57 Å². The fraction of sp³-hybridized carbons (Fsp3) is 0.739. The average molecular weight is 1040 g/mol. The number of hydrogen-bond donors (Lipinski definition) is 0. The van der Waals surface area contributed by atoms with Gasteiger partial charge in [0.1, 0.15) is 17.2 Å². The lowest BCUT2D eigenvalue weighted by Gasteiger charge is -2.28. The molecule has 3 aromatic rings. The monoisotopic (exact) mass is 1040 g/mol. The first-order chi connectivity index (χ1) is 36.0. The predicted octanol–water partition coefficient (Wildman–Crippen LogP) is 24.2. The Bertz CT molecular complexity index is 1570. The molecule has 0 aliphatic carbocycles. The lowest BCUT2D eigenvalue weighted by atomic mass is 9.78. The van der Waals surface area contributed by atoms with Crippen LogP contribution in [-0.2, 0) is 4.57 Å². The zero-order valence-corrected chi connectivity index (χ0v) is 51.3. The lowest BCUT2D eigenvalue weighted by Crippen LogP contribution is -2.13. The number of hydrogen-bond acceptors (Lipinski definition) is 4. The third kappa shape index (κ3) is 24.7. The SMILES string of the molecule is CCCCC(CC)CC(CC(CC)CCCC)c1ccc(OP(=O)(Oc2ccc(C(CC(CC)CCCC)CC(CC)CCCC)cc2)Oc2ccc(C(CC(CC)CCCC)CC(CC)CCCC)cc2)cc1. The van der Waals surface area contributed by atoms with Gasteiger partial charge in [-0.1, -0.05) is 274 Å². The van der Waals surface area contributed by atoms with Crippen LogP contribution in [0.2, 0.25) is 0 Å². The van der Waals surface area contributed by atoms with E-state index in [0.717, 1.165) is 35.5 Å². The molecule has 0 radical (unpaired) electrons. The van der Waals surface area contributed by atoms with Crippen LogP contribution in [-0.4, -0.2) is 0 Å². The summed E-state index contributed by atoms with van der Waals surface area (Å²) in [6, 6.07) is 25.5.